The Morgan fingerprint density at radius 2 is 2.33 bits per heavy atom. The highest BCUT2D eigenvalue weighted by atomic mass is 32.1. The van der Waals surface area contributed by atoms with E-state index in [1.54, 1.807) is 6.92 Å². The van der Waals surface area contributed by atoms with Crippen LogP contribution in [0.5, 0.6) is 0 Å². The number of hydrogen-bond acceptors (Lipinski definition) is 5. The van der Waals surface area contributed by atoms with Crippen molar-refractivity contribution in [1.29, 1.82) is 0 Å². The first-order valence-electron chi connectivity index (χ1n) is 5.61. The molecule has 0 saturated heterocycles. The van der Waals surface area contributed by atoms with Crippen molar-refractivity contribution in [2.24, 2.45) is 0 Å². The minimum Gasteiger partial charge on any atom is -0.476 e. The van der Waals surface area contributed by atoms with Gasteiger partial charge < -0.3 is 15.2 Å². The zero-order valence-corrected chi connectivity index (χ0v) is 11.1. The second-order valence-corrected chi connectivity index (χ2v) is 4.51. The molecule has 18 heavy (non-hydrogen) atoms. The summed E-state index contributed by atoms with van der Waals surface area (Å²) in [6, 6.07) is 0. The van der Waals surface area contributed by atoms with Crippen LogP contribution in [-0.2, 0) is 16.0 Å². The Morgan fingerprint density at radius 1 is 1.61 bits per heavy atom. The number of carbonyl (C=O) groups excluding carboxylic acids is 1. The lowest BCUT2D eigenvalue weighted by molar-refractivity contribution is -0.131. The Labute approximate surface area is 109 Å². The molecule has 0 aliphatic carbocycles. The third-order valence-electron chi connectivity index (χ3n) is 2.19. The number of carboxylic acid groups (broad SMARTS) is 1. The lowest BCUT2D eigenvalue weighted by Crippen LogP contribution is -2.35. The third-order valence-corrected chi connectivity index (χ3v) is 3.10. The molecule has 1 heterocycles. The predicted octanol–water partition coefficient (Wildman–Crippen LogP) is 0.925. The first-order valence-corrected chi connectivity index (χ1v) is 6.49. The van der Waals surface area contributed by atoms with Crippen LogP contribution in [0.1, 0.15) is 29.3 Å². The van der Waals surface area contributed by atoms with Crippen molar-refractivity contribution in [1.82, 2.24) is 10.3 Å². The van der Waals surface area contributed by atoms with Crippen molar-refractivity contribution in [2.45, 2.75) is 26.4 Å². The average molecular weight is 272 g/mol. The van der Waals surface area contributed by atoms with E-state index in [2.05, 4.69) is 10.3 Å². The van der Waals surface area contributed by atoms with E-state index in [0.717, 1.165) is 0 Å². The number of nitrogens with zero attached hydrogens (tertiary/aromatic N) is 1. The summed E-state index contributed by atoms with van der Waals surface area (Å²) in [5.41, 5.74) is 0.0454. The summed E-state index contributed by atoms with van der Waals surface area (Å²) >= 11 is 1.27. The molecular weight excluding hydrogens is 256 g/mol. The highest BCUT2D eigenvalue weighted by Gasteiger charge is 2.12. The molecule has 0 saturated carbocycles. The van der Waals surface area contributed by atoms with E-state index < -0.39 is 12.1 Å². The summed E-state index contributed by atoms with van der Waals surface area (Å²) in [7, 11) is 0. The van der Waals surface area contributed by atoms with Crippen LogP contribution in [-0.4, -0.2) is 41.2 Å². The number of aromatic nitrogens is 1. The number of rotatable bonds is 7. The monoisotopic (exact) mass is 272 g/mol. The van der Waals surface area contributed by atoms with Crippen LogP contribution in [0.15, 0.2) is 5.38 Å². The molecule has 1 rings (SSSR count). The first-order chi connectivity index (χ1) is 8.54. The summed E-state index contributed by atoms with van der Waals surface area (Å²) in [6.07, 6.45) is 0.0450. The van der Waals surface area contributed by atoms with Gasteiger partial charge in [-0.2, -0.15) is 0 Å². The molecule has 6 nitrogen and oxygen atoms in total. The Kier molecular flexibility index (Phi) is 5.73. The van der Waals surface area contributed by atoms with E-state index in [1.807, 2.05) is 6.92 Å². The molecule has 0 aliphatic rings. The summed E-state index contributed by atoms with van der Waals surface area (Å²) in [5, 5.41) is 13.6. The lowest BCUT2D eigenvalue weighted by atomic mass is 10.3. The lowest BCUT2D eigenvalue weighted by Gasteiger charge is -2.11. The predicted molar refractivity (Wildman–Crippen MR) is 66.9 cm³/mol. The highest BCUT2D eigenvalue weighted by Crippen LogP contribution is 2.09. The van der Waals surface area contributed by atoms with Crippen molar-refractivity contribution in [2.75, 3.05) is 13.2 Å². The molecular formula is C11H16N2O4S. The van der Waals surface area contributed by atoms with Crippen LogP contribution in [0.25, 0.3) is 0 Å². The van der Waals surface area contributed by atoms with E-state index >= 15 is 0 Å². The van der Waals surface area contributed by atoms with Crippen LogP contribution in [0.3, 0.4) is 0 Å². The van der Waals surface area contributed by atoms with Crippen molar-refractivity contribution in [3.63, 3.8) is 0 Å². The maximum absolute atomic E-state index is 11.5. The fourth-order valence-electron chi connectivity index (χ4n) is 1.29. The molecule has 2 N–H and O–H groups in total. The minimum absolute atomic E-state index is 0.0454. The average Bonchev–Trinajstić information content (AvgIpc) is 2.78. The molecule has 0 fully saturated rings. The molecule has 0 radical (unpaired) electrons. The van der Waals surface area contributed by atoms with E-state index in [4.69, 9.17) is 9.84 Å². The fourth-order valence-corrected chi connectivity index (χ4v) is 2.06. The van der Waals surface area contributed by atoms with Gasteiger partial charge in [0.2, 0.25) is 5.91 Å². The summed E-state index contributed by atoms with van der Waals surface area (Å²) < 4.78 is 5.14. The maximum atomic E-state index is 11.5. The van der Waals surface area contributed by atoms with Gasteiger partial charge in [0.1, 0.15) is 6.10 Å². The second kappa shape index (κ2) is 7.07. The van der Waals surface area contributed by atoms with Crippen LogP contribution < -0.4 is 5.32 Å². The third kappa shape index (κ3) is 4.42. The Hall–Kier alpha value is -1.47. The second-order valence-electron chi connectivity index (χ2n) is 3.57. The maximum Gasteiger partial charge on any atom is 0.355 e. The number of amides is 1. The Morgan fingerprint density at radius 3 is 2.89 bits per heavy atom. The van der Waals surface area contributed by atoms with E-state index in [0.29, 0.717) is 24.6 Å². The van der Waals surface area contributed by atoms with Gasteiger partial charge in [-0.05, 0) is 13.8 Å². The number of nitrogens with one attached hydrogen (secondary N) is 1. The molecule has 0 bridgehead atoms. The topological polar surface area (TPSA) is 88.5 Å². The number of aromatic carboxylic acids is 1. The molecule has 1 amide bonds. The Bertz CT molecular complexity index is 419. The smallest absolute Gasteiger partial charge is 0.355 e. The van der Waals surface area contributed by atoms with Crippen LogP contribution in [0.2, 0.25) is 0 Å². The fraction of sp³-hybridized carbons (Fsp3) is 0.545. The molecule has 7 heteroatoms. The standard InChI is InChI=1S/C11H16N2O4S/c1-3-17-7(2)10(14)12-5-4-9-13-8(6-18-9)11(15)16/h6-7H,3-5H2,1-2H3,(H,12,14)(H,15,16)/t7-/m0/s1. The van der Waals surface area contributed by atoms with E-state index in [9.17, 15) is 9.59 Å². The molecule has 0 aromatic carbocycles. The van der Waals surface area contributed by atoms with Crippen LogP contribution >= 0.6 is 11.3 Å². The highest BCUT2D eigenvalue weighted by molar-refractivity contribution is 7.09. The normalized spacial score (nSPS) is 12.1. The van der Waals surface area contributed by atoms with Gasteiger partial charge in [-0.25, -0.2) is 9.78 Å². The van der Waals surface area contributed by atoms with Crippen molar-refractivity contribution >= 4 is 23.2 Å². The van der Waals surface area contributed by atoms with Crippen molar-refractivity contribution in [3.8, 4) is 0 Å². The molecule has 0 spiro atoms. The van der Waals surface area contributed by atoms with Gasteiger partial charge in [0.05, 0.1) is 5.01 Å². The number of thiazole rings is 1. The van der Waals surface area contributed by atoms with Gasteiger partial charge in [-0.15, -0.1) is 11.3 Å². The Balaban J connectivity index is 2.32. The minimum atomic E-state index is -1.04. The van der Waals surface area contributed by atoms with Gasteiger partial charge >= 0.3 is 5.97 Å². The quantitative estimate of drug-likeness (QED) is 0.770. The largest absolute Gasteiger partial charge is 0.476 e. The first kappa shape index (κ1) is 14.6. The summed E-state index contributed by atoms with van der Waals surface area (Å²) in [5.74, 6) is -1.21. The van der Waals surface area contributed by atoms with Gasteiger partial charge in [-0.1, -0.05) is 0 Å². The summed E-state index contributed by atoms with van der Waals surface area (Å²) in [4.78, 5) is 26.0. The van der Waals surface area contributed by atoms with E-state index in [-0.39, 0.29) is 11.6 Å². The number of ether oxygens (including phenoxy) is 1. The molecule has 1 atom stereocenters. The van der Waals surface area contributed by atoms with Gasteiger partial charge in [0.15, 0.2) is 5.69 Å². The van der Waals surface area contributed by atoms with Gasteiger partial charge in [0, 0.05) is 25.0 Å². The molecule has 1 aromatic heterocycles. The van der Waals surface area contributed by atoms with Crippen molar-refractivity contribution in [3.05, 3.63) is 16.1 Å². The van der Waals surface area contributed by atoms with Crippen LogP contribution in [0, 0.1) is 0 Å². The zero-order chi connectivity index (χ0) is 13.5. The molecule has 1 aromatic rings. The number of carbonyl (C=O) groups is 2. The summed E-state index contributed by atoms with van der Waals surface area (Å²) in [6.45, 7) is 4.42. The van der Waals surface area contributed by atoms with Crippen molar-refractivity contribution < 1.29 is 19.4 Å². The van der Waals surface area contributed by atoms with Crippen LogP contribution in [0.4, 0.5) is 0 Å². The molecule has 0 aliphatic heterocycles. The molecule has 0 unspecified atom stereocenters. The number of carboxylic acids is 1. The zero-order valence-electron chi connectivity index (χ0n) is 10.3. The number of hydrogen-bond donors (Lipinski definition) is 2. The molecule has 100 valence electrons. The van der Waals surface area contributed by atoms with Gasteiger partial charge in [-0.3, -0.25) is 4.79 Å². The van der Waals surface area contributed by atoms with Gasteiger partial charge in [0.25, 0.3) is 0 Å². The SMILES string of the molecule is CCO[C@@H](C)C(=O)NCCc1nc(C(=O)O)cs1. The van der Waals surface area contributed by atoms with E-state index in [1.165, 1.54) is 16.7 Å².